The van der Waals surface area contributed by atoms with Crippen molar-refractivity contribution >= 4 is 12.1 Å². The summed E-state index contributed by atoms with van der Waals surface area (Å²) in [4.78, 5) is 25.8. The summed E-state index contributed by atoms with van der Waals surface area (Å²) in [6, 6.07) is 16.8. The zero-order chi connectivity index (χ0) is 27.7. The first-order chi connectivity index (χ1) is 18.1. The van der Waals surface area contributed by atoms with Gasteiger partial charge >= 0.3 is 18.2 Å². The van der Waals surface area contributed by atoms with E-state index in [1.165, 1.54) is 25.2 Å². The lowest BCUT2D eigenvalue weighted by Crippen LogP contribution is -2.30. The number of ether oxygens (including phenoxy) is 4. The average molecular weight is 532 g/mol. The van der Waals surface area contributed by atoms with Gasteiger partial charge in [0.05, 0.1) is 39.4 Å². The number of rotatable bonds is 10. The van der Waals surface area contributed by atoms with E-state index < -0.39 is 23.8 Å². The van der Waals surface area contributed by atoms with Crippen LogP contribution in [-0.2, 0) is 40.0 Å². The number of esters is 1. The highest BCUT2D eigenvalue weighted by Gasteiger charge is 2.32. The molecule has 3 aromatic rings. The molecule has 3 aromatic carbocycles. The second kappa shape index (κ2) is 12.8. The van der Waals surface area contributed by atoms with Crippen molar-refractivity contribution in [3.63, 3.8) is 0 Å². The lowest BCUT2D eigenvalue weighted by atomic mass is 10.1. The maximum absolute atomic E-state index is 13.6. The van der Waals surface area contributed by atoms with E-state index in [1.54, 1.807) is 49.4 Å². The Balaban J connectivity index is 2.00. The van der Waals surface area contributed by atoms with Gasteiger partial charge in [0.1, 0.15) is 5.75 Å². The van der Waals surface area contributed by atoms with Gasteiger partial charge in [0.2, 0.25) is 0 Å². The van der Waals surface area contributed by atoms with Crippen molar-refractivity contribution < 1.29 is 41.7 Å². The van der Waals surface area contributed by atoms with Gasteiger partial charge in [-0.1, -0.05) is 36.4 Å². The van der Waals surface area contributed by atoms with Gasteiger partial charge in [-0.25, -0.2) is 4.79 Å². The zero-order valence-corrected chi connectivity index (χ0v) is 21.2. The minimum absolute atomic E-state index is 0.0265. The smallest absolute Gasteiger partial charge is 0.416 e. The average Bonchev–Trinajstić information content (AvgIpc) is 2.89. The highest BCUT2D eigenvalue weighted by molar-refractivity contribution is 5.73. The molecule has 0 aliphatic carbocycles. The maximum Gasteiger partial charge on any atom is 0.416 e. The molecular weight excluding hydrogens is 503 g/mol. The maximum atomic E-state index is 13.6. The van der Waals surface area contributed by atoms with Crippen LogP contribution in [0.2, 0.25) is 0 Å². The van der Waals surface area contributed by atoms with Crippen LogP contribution in [0.3, 0.4) is 0 Å². The normalized spacial score (nSPS) is 11.0. The molecule has 0 N–H and O–H groups in total. The molecule has 0 saturated carbocycles. The molecule has 0 spiro atoms. The van der Waals surface area contributed by atoms with E-state index in [9.17, 15) is 22.8 Å². The van der Waals surface area contributed by atoms with E-state index in [0.29, 0.717) is 11.3 Å². The van der Waals surface area contributed by atoms with Gasteiger partial charge in [0.25, 0.3) is 0 Å². The molecule has 0 fully saturated rings. The van der Waals surface area contributed by atoms with Crippen LogP contribution >= 0.6 is 0 Å². The second-order valence-electron chi connectivity index (χ2n) is 8.20. The number of nitrogens with zero attached hydrogens (tertiary/aromatic N) is 1. The Morgan fingerprint density at radius 3 is 2.18 bits per heavy atom. The fraction of sp³-hybridized carbons (Fsp3) is 0.286. The summed E-state index contributed by atoms with van der Waals surface area (Å²) in [5.74, 6) is 0.126. The Hall–Kier alpha value is -4.21. The third-order valence-electron chi connectivity index (χ3n) is 5.50. The molecule has 0 atom stereocenters. The SMILES string of the molecule is CCOC(=O)Cc1ccc(OC)c(Oc2ccc(C(F)(F)F)cc2CN(Cc2ccccc2)C(=O)OC)c1. The summed E-state index contributed by atoms with van der Waals surface area (Å²) in [6.07, 6.45) is -5.35. The van der Waals surface area contributed by atoms with E-state index in [-0.39, 0.29) is 43.2 Å². The molecule has 1 amide bonds. The number of benzene rings is 3. The molecule has 0 bridgehead atoms. The van der Waals surface area contributed by atoms with Crippen molar-refractivity contribution in [2.24, 2.45) is 0 Å². The Labute approximate surface area is 218 Å². The molecule has 10 heteroatoms. The van der Waals surface area contributed by atoms with Gasteiger partial charge in [-0.15, -0.1) is 0 Å². The lowest BCUT2D eigenvalue weighted by Gasteiger charge is -2.24. The standard InChI is InChI=1S/C28H28F3NO6/c1-4-37-26(33)15-20-10-12-24(35-2)25(14-20)38-23-13-11-22(28(29,30)31)16-21(23)18-32(27(34)36-3)17-19-8-6-5-7-9-19/h5-14,16H,4,15,17-18H2,1-3H3. The molecular formula is C28H28F3NO6. The molecule has 0 unspecified atom stereocenters. The molecule has 0 heterocycles. The van der Waals surface area contributed by atoms with Crippen LogP contribution in [0.4, 0.5) is 18.0 Å². The van der Waals surface area contributed by atoms with Gasteiger partial charge in [0, 0.05) is 12.1 Å². The fourth-order valence-corrected chi connectivity index (χ4v) is 3.71. The van der Waals surface area contributed by atoms with Gasteiger partial charge in [0.15, 0.2) is 11.5 Å². The van der Waals surface area contributed by atoms with Crippen molar-refractivity contribution in [1.29, 1.82) is 0 Å². The van der Waals surface area contributed by atoms with Crippen molar-refractivity contribution in [2.75, 3.05) is 20.8 Å². The minimum Gasteiger partial charge on any atom is -0.493 e. The van der Waals surface area contributed by atoms with Crippen LogP contribution in [0.5, 0.6) is 17.2 Å². The van der Waals surface area contributed by atoms with Crippen molar-refractivity contribution in [1.82, 2.24) is 4.90 Å². The van der Waals surface area contributed by atoms with Crippen LogP contribution in [0, 0.1) is 0 Å². The molecule has 0 saturated heterocycles. The summed E-state index contributed by atoms with van der Waals surface area (Å²) >= 11 is 0. The molecule has 202 valence electrons. The van der Waals surface area contributed by atoms with Crippen molar-refractivity contribution in [2.45, 2.75) is 32.6 Å². The van der Waals surface area contributed by atoms with E-state index in [1.807, 2.05) is 6.07 Å². The lowest BCUT2D eigenvalue weighted by molar-refractivity contribution is -0.142. The number of carbonyl (C=O) groups excluding carboxylic acids is 2. The first kappa shape index (κ1) is 28.4. The Morgan fingerprint density at radius 2 is 1.55 bits per heavy atom. The molecule has 38 heavy (non-hydrogen) atoms. The molecule has 7 nitrogen and oxygen atoms in total. The predicted octanol–water partition coefficient (Wildman–Crippen LogP) is 6.38. The number of methoxy groups -OCH3 is 2. The Kier molecular flexibility index (Phi) is 9.59. The minimum atomic E-state index is -4.61. The summed E-state index contributed by atoms with van der Waals surface area (Å²) in [7, 11) is 2.61. The van der Waals surface area contributed by atoms with Crippen LogP contribution in [0.15, 0.2) is 66.7 Å². The first-order valence-corrected chi connectivity index (χ1v) is 11.7. The van der Waals surface area contributed by atoms with Gasteiger partial charge in [-0.05, 0) is 48.4 Å². The topological polar surface area (TPSA) is 74.3 Å². The summed E-state index contributed by atoms with van der Waals surface area (Å²) in [5, 5.41) is 0. The molecule has 0 aliphatic rings. The summed E-state index contributed by atoms with van der Waals surface area (Å²) in [5.41, 5.74) is 0.528. The van der Waals surface area contributed by atoms with E-state index >= 15 is 0 Å². The molecule has 0 aliphatic heterocycles. The Bertz CT molecular complexity index is 1250. The highest BCUT2D eigenvalue weighted by atomic mass is 19.4. The third kappa shape index (κ3) is 7.64. The van der Waals surface area contributed by atoms with Gasteiger partial charge < -0.3 is 18.9 Å². The first-order valence-electron chi connectivity index (χ1n) is 11.7. The number of carbonyl (C=O) groups is 2. The largest absolute Gasteiger partial charge is 0.493 e. The van der Waals surface area contributed by atoms with Crippen molar-refractivity contribution in [3.8, 4) is 17.2 Å². The molecule has 0 aromatic heterocycles. The number of alkyl halides is 3. The third-order valence-corrected chi connectivity index (χ3v) is 5.50. The van der Waals surface area contributed by atoms with Gasteiger partial charge in [-0.2, -0.15) is 13.2 Å². The molecule has 3 rings (SSSR count). The van der Waals surface area contributed by atoms with Gasteiger partial charge in [-0.3, -0.25) is 9.69 Å². The predicted molar refractivity (Wildman–Crippen MR) is 133 cm³/mol. The van der Waals surface area contributed by atoms with Crippen molar-refractivity contribution in [3.05, 3.63) is 89.0 Å². The second-order valence-corrected chi connectivity index (χ2v) is 8.20. The molecule has 0 radical (unpaired) electrons. The summed E-state index contributed by atoms with van der Waals surface area (Å²) in [6.45, 7) is 1.79. The monoisotopic (exact) mass is 531 g/mol. The quantitative estimate of drug-likeness (QED) is 0.283. The number of halogens is 3. The zero-order valence-electron chi connectivity index (χ0n) is 21.2. The summed E-state index contributed by atoms with van der Waals surface area (Å²) < 4.78 is 62.0. The van der Waals surface area contributed by atoms with Crippen LogP contribution in [0.1, 0.15) is 29.2 Å². The Morgan fingerprint density at radius 1 is 0.842 bits per heavy atom. The number of amides is 1. The van der Waals surface area contributed by atoms with E-state index in [0.717, 1.165) is 17.7 Å². The van der Waals surface area contributed by atoms with Crippen LogP contribution < -0.4 is 9.47 Å². The van der Waals surface area contributed by atoms with E-state index in [2.05, 4.69) is 0 Å². The van der Waals surface area contributed by atoms with E-state index in [4.69, 9.17) is 18.9 Å². The number of hydrogen-bond donors (Lipinski definition) is 0. The number of hydrogen-bond acceptors (Lipinski definition) is 6. The van der Waals surface area contributed by atoms with Crippen LogP contribution in [0.25, 0.3) is 0 Å². The van der Waals surface area contributed by atoms with Crippen LogP contribution in [-0.4, -0.2) is 37.8 Å². The highest BCUT2D eigenvalue weighted by Crippen LogP contribution is 2.38. The fourth-order valence-electron chi connectivity index (χ4n) is 3.71.